The molecule has 1 aromatic carbocycles. The maximum Gasteiger partial charge on any atom is 0.416 e. The van der Waals surface area contributed by atoms with Gasteiger partial charge in [-0.3, -0.25) is 0 Å². The van der Waals surface area contributed by atoms with Gasteiger partial charge in [-0.25, -0.2) is 0 Å². The molecular weight excluding hydrogens is 405 g/mol. The molecule has 32 heavy (non-hydrogen) atoms. The average Bonchev–Trinajstić information content (AvgIpc) is 2.81. The van der Waals surface area contributed by atoms with Crippen molar-refractivity contribution in [2.24, 2.45) is 17.8 Å². The fourth-order valence-electron chi connectivity index (χ4n) is 5.52. The first-order valence-electron chi connectivity index (χ1n) is 13.0. The zero-order valence-corrected chi connectivity index (χ0v) is 19.8. The van der Waals surface area contributed by atoms with E-state index in [-0.39, 0.29) is 0 Å². The van der Waals surface area contributed by atoms with E-state index >= 15 is 0 Å². The van der Waals surface area contributed by atoms with Crippen molar-refractivity contribution in [2.45, 2.75) is 103 Å². The van der Waals surface area contributed by atoms with Crippen LogP contribution in [0.2, 0.25) is 0 Å². The van der Waals surface area contributed by atoms with Gasteiger partial charge in [-0.15, -0.1) is 0 Å². The molecule has 0 N–H and O–H groups in total. The largest absolute Gasteiger partial charge is 0.416 e. The van der Waals surface area contributed by atoms with Crippen molar-refractivity contribution in [2.75, 3.05) is 0 Å². The molecule has 3 heteroatoms. The Kier molecular flexibility index (Phi) is 9.93. The van der Waals surface area contributed by atoms with Crippen LogP contribution in [0.4, 0.5) is 13.2 Å². The molecule has 1 atom stereocenters. The lowest BCUT2D eigenvalue weighted by molar-refractivity contribution is -0.137. The second-order valence-electron chi connectivity index (χ2n) is 10.0. The molecule has 3 rings (SSSR count). The standard InChI is InChI=1S/C29H41F3/c1-2-3-4-5-6-7-8-9-10-23-11-13-24(14-12-23)25-15-17-26(18-16-25)27-19-21-28(22-20-27)29(30,31)32/h15,17-25H,2-14,16H2,1H3/t23-,24-,25?. The van der Waals surface area contributed by atoms with Gasteiger partial charge in [-0.1, -0.05) is 108 Å². The second-order valence-corrected chi connectivity index (χ2v) is 10.0. The number of allylic oxidation sites excluding steroid dienone is 4. The summed E-state index contributed by atoms with van der Waals surface area (Å²) in [4.78, 5) is 0. The van der Waals surface area contributed by atoms with Crippen molar-refractivity contribution in [1.29, 1.82) is 0 Å². The lowest BCUT2D eigenvalue weighted by Gasteiger charge is -2.33. The minimum atomic E-state index is -4.27. The third-order valence-electron chi connectivity index (χ3n) is 7.64. The van der Waals surface area contributed by atoms with Crippen molar-refractivity contribution in [3.63, 3.8) is 0 Å². The van der Waals surface area contributed by atoms with Crippen molar-refractivity contribution in [1.82, 2.24) is 0 Å². The van der Waals surface area contributed by atoms with E-state index in [0.29, 0.717) is 5.92 Å². The van der Waals surface area contributed by atoms with E-state index < -0.39 is 11.7 Å². The van der Waals surface area contributed by atoms with Gasteiger partial charge in [0.05, 0.1) is 5.56 Å². The Balaban J connectivity index is 1.33. The van der Waals surface area contributed by atoms with Gasteiger partial charge >= 0.3 is 6.18 Å². The summed E-state index contributed by atoms with van der Waals surface area (Å²) in [5.74, 6) is 2.29. The molecule has 0 spiro atoms. The summed E-state index contributed by atoms with van der Waals surface area (Å²) in [6, 6.07) is 5.55. The molecule has 1 fully saturated rings. The lowest BCUT2D eigenvalue weighted by atomic mass is 9.72. The molecule has 0 saturated heterocycles. The highest BCUT2D eigenvalue weighted by molar-refractivity contribution is 5.75. The smallest absolute Gasteiger partial charge is 0.166 e. The molecule has 178 valence electrons. The monoisotopic (exact) mass is 446 g/mol. The van der Waals surface area contributed by atoms with Crippen LogP contribution < -0.4 is 0 Å². The predicted molar refractivity (Wildman–Crippen MR) is 129 cm³/mol. The molecule has 2 aliphatic rings. The predicted octanol–water partition coefficient (Wildman–Crippen LogP) is 10.0. The summed E-state index contributed by atoms with van der Waals surface area (Å²) in [6.07, 6.45) is 21.5. The summed E-state index contributed by atoms with van der Waals surface area (Å²) in [7, 11) is 0. The molecular formula is C29H41F3. The Labute approximate surface area is 193 Å². The quantitative estimate of drug-likeness (QED) is 0.297. The van der Waals surface area contributed by atoms with E-state index in [1.807, 2.05) is 0 Å². The minimum Gasteiger partial charge on any atom is -0.166 e. The number of halogens is 3. The lowest BCUT2D eigenvalue weighted by Crippen LogP contribution is -2.21. The number of rotatable bonds is 11. The maximum atomic E-state index is 12.8. The van der Waals surface area contributed by atoms with E-state index in [1.165, 1.54) is 95.6 Å². The molecule has 0 bridgehead atoms. The molecule has 0 radical (unpaired) electrons. The molecule has 0 amide bonds. The zero-order valence-electron chi connectivity index (χ0n) is 19.8. The molecule has 1 aromatic rings. The van der Waals surface area contributed by atoms with Crippen LogP contribution in [-0.4, -0.2) is 0 Å². The van der Waals surface area contributed by atoms with Crippen LogP contribution in [0.5, 0.6) is 0 Å². The van der Waals surface area contributed by atoms with Crippen LogP contribution in [0.15, 0.2) is 42.5 Å². The Morgan fingerprint density at radius 3 is 2.00 bits per heavy atom. The molecule has 1 unspecified atom stereocenters. The summed E-state index contributed by atoms with van der Waals surface area (Å²) in [5.41, 5.74) is 1.35. The van der Waals surface area contributed by atoms with E-state index in [0.717, 1.165) is 29.4 Å². The van der Waals surface area contributed by atoms with Gasteiger partial charge in [0.1, 0.15) is 0 Å². The van der Waals surface area contributed by atoms with Gasteiger partial charge in [0, 0.05) is 0 Å². The Hall–Kier alpha value is -1.51. The molecule has 0 heterocycles. The molecule has 0 aliphatic heterocycles. The topological polar surface area (TPSA) is 0 Å². The van der Waals surface area contributed by atoms with Gasteiger partial charge in [0.15, 0.2) is 0 Å². The average molecular weight is 447 g/mol. The van der Waals surface area contributed by atoms with E-state index in [1.54, 1.807) is 12.1 Å². The molecule has 0 aromatic heterocycles. The number of hydrogen-bond donors (Lipinski definition) is 0. The second kappa shape index (κ2) is 12.7. The third-order valence-corrected chi connectivity index (χ3v) is 7.64. The maximum absolute atomic E-state index is 12.8. The summed E-state index contributed by atoms with van der Waals surface area (Å²) in [5, 5.41) is 0. The van der Waals surface area contributed by atoms with Crippen molar-refractivity contribution in [3.05, 3.63) is 53.6 Å². The fraction of sp³-hybridized carbons (Fsp3) is 0.655. The first-order valence-corrected chi connectivity index (χ1v) is 13.0. The highest BCUT2D eigenvalue weighted by atomic mass is 19.4. The molecule has 2 aliphatic carbocycles. The van der Waals surface area contributed by atoms with Gasteiger partial charge in [-0.05, 0) is 60.3 Å². The number of hydrogen-bond acceptors (Lipinski definition) is 0. The summed E-state index contributed by atoms with van der Waals surface area (Å²) in [6.45, 7) is 2.27. The van der Waals surface area contributed by atoms with Crippen molar-refractivity contribution in [3.8, 4) is 0 Å². The van der Waals surface area contributed by atoms with Crippen molar-refractivity contribution >= 4 is 5.57 Å². The number of unbranched alkanes of at least 4 members (excludes halogenated alkanes) is 7. The van der Waals surface area contributed by atoms with Crippen LogP contribution in [-0.2, 0) is 6.18 Å². The summed E-state index contributed by atoms with van der Waals surface area (Å²) < 4.78 is 38.3. The SMILES string of the molecule is CCCCCCCCCC[C@H]1CC[C@H](C2C=CC(c3ccc(C(F)(F)F)cc3)=CC2)CC1. The van der Waals surface area contributed by atoms with E-state index in [9.17, 15) is 13.2 Å². The zero-order chi connectivity index (χ0) is 22.8. The van der Waals surface area contributed by atoms with Gasteiger partial charge < -0.3 is 0 Å². The Bertz CT molecular complexity index is 718. The van der Waals surface area contributed by atoms with Crippen LogP contribution in [0.1, 0.15) is 108 Å². The number of alkyl halides is 3. The van der Waals surface area contributed by atoms with Gasteiger partial charge in [0.2, 0.25) is 0 Å². The normalized spacial score (nSPS) is 23.9. The highest BCUT2D eigenvalue weighted by Gasteiger charge is 2.30. The fourth-order valence-corrected chi connectivity index (χ4v) is 5.52. The van der Waals surface area contributed by atoms with E-state index in [4.69, 9.17) is 0 Å². The third kappa shape index (κ3) is 7.81. The molecule has 0 nitrogen and oxygen atoms in total. The van der Waals surface area contributed by atoms with Crippen LogP contribution in [0.25, 0.3) is 5.57 Å². The van der Waals surface area contributed by atoms with Crippen molar-refractivity contribution < 1.29 is 13.2 Å². The first kappa shape index (κ1) is 25.1. The van der Waals surface area contributed by atoms with Crippen LogP contribution >= 0.6 is 0 Å². The van der Waals surface area contributed by atoms with Gasteiger partial charge in [-0.2, -0.15) is 13.2 Å². The number of benzene rings is 1. The molecule has 1 saturated carbocycles. The van der Waals surface area contributed by atoms with Gasteiger partial charge in [0.25, 0.3) is 0 Å². The minimum absolute atomic E-state index is 0.580. The highest BCUT2D eigenvalue weighted by Crippen LogP contribution is 2.40. The first-order chi connectivity index (χ1) is 15.5. The van der Waals surface area contributed by atoms with Crippen LogP contribution in [0.3, 0.4) is 0 Å². The Morgan fingerprint density at radius 1 is 0.812 bits per heavy atom. The van der Waals surface area contributed by atoms with E-state index in [2.05, 4.69) is 25.2 Å². The Morgan fingerprint density at radius 2 is 1.44 bits per heavy atom. The summed E-state index contributed by atoms with van der Waals surface area (Å²) >= 11 is 0. The van der Waals surface area contributed by atoms with Crippen LogP contribution in [0, 0.1) is 17.8 Å².